The first kappa shape index (κ1) is 33.4. The van der Waals surface area contributed by atoms with Gasteiger partial charge < -0.3 is 24.8 Å². The molecule has 2 N–H and O–H groups in total. The summed E-state index contributed by atoms with van der Waals surface area (Å²) in [4.78, 5) is 53.1. The van der Waals surface area contributed by atoms with Gasteiger partial charge in [-0.05, 0) is 66.2 Å². The third-order valence-corrected chi connectivity index (χ3v) is 10.2. The Bertz CT molecular complexity index is 2010. The molecule has 15 heteroatoms. The van der Waals surface area contributed by atoms with E-state index in [0.29, 0.717) is 76.4 Å². The number of esters is 1. The molecule has 0 radical (unpaired) electrons. The van der Waals surface area contributed by atoms with E-state index >= 15 is 0 Å². The van der Waals surface area contributed by atoms with E-state index in [0.717, 1.165) is 5.69 Å². The minimum atomic E-state index is -1.01. The van der Waals surface area contributed by atoms with Gasteiger partial charge in [-0.3, -0.25) is 14.8 Å². The Kier molecular flexibility index (Phi) is 9.35. The molecule has 0 aliphatic carbocycles. The number of amides is 2. The van der Waals surface area contributed by atoms with Crippen LogP contribution in [0.5, 0.6) is 11.5 Å². The van der Waals surface area contributed by atoms with Crippen molar-refractivity contribution in [2.24, 2.45) is 4.99 Å². The Hall–Kier alpha value is -5.12. The molecular weight excluding hydrogens is 731 g/mol. The van der Waals surface area contributed by atoms with Crippen molar-refractivity contribution in [1.82, 2.24) is 20.1 Å². The number of hydrogen-bond acceptors (Lipinski definition) is 10. The summed E-state index contributed by atoms with van der Waals surface area (Å²) in [5, 5.41) is 14.9. The minimum Gasteiger partial charge on any atom is -0.478 e. The van der Waals surface area contributed by atoms with Crippen LogP contribution in [0.25, 0.3) is 0 Å². The van der Waals surface area contributed by atoms with E-state index in [4.69, 9.17) is 19.6 Å². The fraction of sp³-hybridized carbons (Fsp3) is 0.229. The van der Waals surface area contributed by atoms with Gasteiger partial charge in [-0.15, -0.1) is 11.3 Å². The van der Waals surface area contributed by atoms with Crippen molar-refractivity contribution in [3.8, 4) is 11.5 Å². The van der Waals surface area contributed by atoms with Crippen LogP contribution in [0.1, 0.15) is 27.0 Å². The highest BCUT2D eigenvalue weighted by atomic mass is 79.9. The molecule has 0 saturated carbocycles. The second-order valence-electron chi connectivity index (χ2n) is 11.8. The summed E-state index contributed by atoms with van der Waals surface area (Å²) in [7, 11) is 1.32. The van der Waals surface area contributed by atoms with Crippen molar-refractivity contribution in [3.63, 3.8) is 0 Å². The maximum absolute atomic E-state index is 14.1. The van der Waals surface area contributed by atoms with Gasteiger partial charge in [0, 0.05) is 60.2 Å². The molecule has 2 fully saturated rings. The fourth-order valence-electron chi connectivity index (χ4n) is 6.32. The number of aromatic carboxylic acids is 1. The average molecular weight is 762 g/mol. The molecule has 3 aliphatic heterocycles. The maximum Gasteiger partial charge on any atom is 0.338 e. The van der Waals surface area contributed by atoms with Crippen LogP contribution in [-0.4, -0.2) is 89.6 Å². The predicted molar refractivity (Wildman–Crippen MR) is 187 cm³/mol. The van der Waals surface area contributed by atoms with E-state index in [9.17, 15) is 18.8 Å². The zero-order valence-electron chi connectivity index (χ0n) is 26.6. The van der Waals surface area contributed by atoms with Crippen molar-refractivity contribution >= 4 is 56.8 Å². The summed E-state index contributed by atoms with van der Waals surface area (Å²) in [5.74, 6) is -0.445. The summed E-state index contributed by atoms with van der Waals surface area (Å²) in [6.45, 7) is 2.44. The third-order valence-electron chi connectivity index (χ3n) is 8.73. The van der Waals surface area contributed by atoms with Gasteiger partial charge in [-0.25, -0.2) is 23.8 Å². The number of methoxy groups -OCH3 is 1. The molecule has 3 aromatic carbocycles. The third kappa shape index (κ3) is 6.71. The van der Waals surface area contributed by atoms with Gasteiger partial charge >= 0.3 is 18.0 Å². The number of piperazine rings is 1. The predicted octanol–water partition coefficient (Wildman–Crippen LogP) is 5.68. The number of nitrogens with zero attached hydrogens (tertiary/aromatic N) is 5. The molecule has 2 amide bonds. The largest absolute Gasteiger partial charge is 0.478 e. The SMILES string of the molecule is COC(=O)C1=C(CN2CCN3C(=O)N(c4ccc(Oc5ccc(C(=O)O)cc5)cc4)C[C@@H]3C2)NC(c2nccs2)=N[C@H]1c1ccc(F)cc1Br. The highest BCUT2D eigenvalue weighted by Gasteiger charge is 2.42. The number of carboxylic acid groups (broad SMARTS) is 1. The summed E-state index contributed by atoms with van der Waals surface area (Å²) >= 11 is 4.86. The standard InChI is InChI=1S/C35H30BrFN6O6S/c1-48-34(46)29-28(39-31(32-38-12-15-50-32)40-30(29)26-11-4-21(37)16-27(26)36)19-41-13-14-42-23(17-41)18-43(35(42)47)22-5-9-25(10-6-22)49-24-7-2-20(3-8-24)33(44)45/h2-12,15-16,23,30H,13-14,17-19H2,1H3,(H,39,40)(H,44,45)/t23-,30-/m0/s1. The Balaban J connectivity index is 1.09. The number of carboxylic acids is 1. The second kappa shape index (κ2) is 14.0. The van der Waals surface area contributed by atoms with Crippen LogP contribution in [0, 0.1) is 5.82 Å². The van der Waals surface area contributed by atoms with E-state index in [-0.39, 0.29) is 17.6 Å². The normalized spacial score (nSPS) is 19.2. The molecule has 2 saturated heterocycles. The first-order valence-electron chi connectivity index (χ1n) is 15.6. The fourth-order valence-corrected chi connectivity index (χ4v) is 7.47. The number of aromatic nitrogens is 1. The van der Waals surface area contributed by atoms with E-state index in [1.165, 1.54) is 42.7 Å². The lowest BCUT2D eigenvalue weighted by Gasteiger charge is -2.38. The lowest BCUT2D eigenvalue weighted by atomic mass is 9.95. The Morgan fingerprint density at radius 2 is 1.80 bits per heavy atom. The van der Waals surface area contributed by atoms with Gasteiger partial charge in [0.15, 0.2) is 10.8 Å². The Morgan fingerprint density at radius 1 is 1.06 bits per heavy atom. The molecule has 3 aliphatic rings. The van der Waals surface area contributed by atoms with Crippen LogP contribution >= 0.6 is 27.3 Å². The van der Waals surface area contributed by atoms with E-state index < -0.39 is 23.8 Å². The van der Waals surface area contributed by atoms with Crippen LogP contribution in [0.4, 0.5) is 14.9 Å². The van der Waals surface area contributed by atoms with Crippen LogP contribution in [0.2, 0.25) is 0 Å². The number of aliphatic imine (C=N–C) groups is 1. The molecule has 50 heavy (non-hydrogen) atoms. The number of fused-ring (bicyclic) bond motifs is 1. The van der Waals surface area contributed by atoms with E-state index in [1.807, 2.05) is 22.4 Å². The van der Waals surface area contributed by atoms with Crippen molar-refractivity contribution in [2.75, 3.05) is 44.7 Å². The van der Waals surface area contributed by atoms with E-state index in [1.54, 1.807) is 41.4 Å². The van der Waals surface area contributed by atoms with Gasteiger partial charge in [0.1, 0.15) is 23.4 Å². The topological polar surface area (TPSA) is 137 Å². The van der Waals surface area contributed by atoms with E-state index in [2.05, 4.69) is 31.1 Å². The highest BCUT2D eigenvalue weighted by Crippen LogP contribution is 2.37. The van der Waals surface area contributed by atoms with Crippen LogP contribution < -0.4 is 15.0 Å². The lowest BCUT2D eigenvalue weighted by molar-refractivity contribution is -0.136. The van der Waals surface area contributed by atoms with Crippen molar-refractivity contribution < 1.29 is 33.4 Å². The summed E-state index contributed by atoms with van der Waals surface area (Å²) in [5.41, 5.74) is 2.41. The number of thiazole rings is 1. The first-order chi connectivity index (χ1) is 24.2. The van der Waals surface area contributed by atoms with Crippen LogP contribution in [0.3, 0.4) is 0 Å². The van der Waals surface area contributed by atoms with Crippen molar-refractivity contribution in [1.29, 1.82) is 0 Å². The van der Waals surface area contributed by atoms with Crippen LogP contribution in [0.15, 0.2) is 99.0 Å². The van der Waals surface area contributed by atoms with Gasteiger partial charge in [-0.2, -0.15) is 0 Å². The number of benzene rings is 3. The second-order valence-corrected chi connectivity index (χ2v) is 13.5. The van der Waals surface area contributed by atoms with Gasteiger partial charge in [0.2, 0.25) is 0 Å². The number of anilines is 1. The Morgan fingerprint density at radius 3 is 2.46 bits per heavy atom. The smallest absolute Gasteiger partial charge is 0.338 e. The number of halogens is 2. The lowest BCUT2D eigenvalue weighted by Crippen LogP contribution is -2.53. The molecular formula is C35H30BrFN6O6S. The van der Waals surface area contributed by atoms with Crippen molar-refractivity contribution in [2.45, 2.75) is 12.1 Å². The van der Waals surface area contributed by atoms with Gasteiger partial charge in [0.05, 0.1) is 24.3 Å². The Labute approximate surface area is 298 Å². The molecule has 0 bridgehead atoms. The van der Waals surface area contributed by atoms with Gasteiger partial charge in [0.25, 0.3) is 0 Å². The number of carbonyl (C=O) groups excluding carboxylic acids is 2. The monoisotopic (exact) mass is 760 g/mol. The summed E-state index contributed by atoms with van der Waals surface area (Å²) in [6, 6.07) is 16.6. The molecule has 7 rings (SSSR count). The maximum atomic E-state index is 14.1. The van der Waals surface area contributed by atoms with Crippen LogP contribution in [-0.2, 0) is 9.53 Å². The number of rotatable bonds is 9. The summed E-state index contributed by atoms with van der Waals surface area (Å²) in [6.07, 6.45) is 1.68. The molecule has 4 aromatic rings. The number of urea groups is 1. The van der Waals surface area contributed by atoms with Crippen molar-refractivity contribution in [3.05, 3.63) is 116 Å². The number of hydrogen-bond donors (Lipinski definition) is 2. The molecule has 1 aromatic heterocycles. The molecule has 2 atom stereocenters. The number of ether oxygens (including phenoxy) is 2. The quantitative estimate of drug-likeness (QED) is 0.207. The zero-order chi connectivity index (χ0) is 34.9. The highest BCUT2D eigenvalue weighted by molar-refractivity contribution is 9.10. The van der Waals surface area contributed by atoms with Gasteiger partial charge in [-0.1, -0.05) is 22.0 Å². The zero-order valence-corrected chi connectivity index (χ0v) is 29.0. The summed E-state index contributed by atoms with van der Waals surface area (Å²) < 4.78 is 25.6. The molecule has 12 nitrogen and oxygen atoms in total. The molecule has 4 heterocycles. The average Bonchev–Trinajstić information content (AvgIpc) is 3.77. The number of amidine groups is 1. The molecule has 0 unspecified atom stereocenters. The number of carbonyl (C=O) groups is 3. The minimum absolute atomic E-state index is 0.0859. The molecule has 256 valence electrons. The first-order valence-corrected chi connectivity index (χ1v) is 17.3. The number of nitrogens with one attached hydrogen (secondary N) is 1. The molecule has 0 spiro atoms.